The normalized spacial score (nSPS) is 19.1. The average molecular weight is 323 g/mol. The second-order valence-corrected chi connectivity index (χ2v) is 7.15. The molecule has 0 atom stereocenters. The maximum atomic E-state index is 4.77. The number of anilines is 3. The molecule has 0 radical (unpaired) electrons. The molecule has 124 valence electrons. The molecule has 0 amide bonds. The quantitative estimate of drug-likeness (QED) is 0.772. The van der Waals surface area contributed by atoms with Crippen molar-refractivity contribution in [2.45, 2.75) is 38.0 Å². The first-order valence-corrected chi connectivity index (χ1v) is 8.65. The summed E-state index contributed by atoms with van der Waals surface area (Å²) >= 11 is 0. The van der Waals surface area contributed by atoms with E-state index in [-0.39, 0.29) is 5.41 Å². The summed E-state index contributed by atoms with van der Waals surface area (Å²) < 4.78 is 1.89. The fourth-order valence-electron chi connectivity index (χ4n) is 3.34. The SMILES string of the molecule is CC1(c2cc(Nc3nc(N4CCCC4)nn4cccc34)n[nH]2)CC1. The Bertz CT molecular complexity index is 883. The molecule has 5 rings (SSSR count). The van der Waals surface area contributed by atoms with E-state index in [4.69, 9.17) is 4.98 Å². The molecule has 0 spiro atoms. The highest BCUT2D eigenvalue weighted by Crippen LogP contribution is 2.47. The molecule has 1 aliphatic heterocycles. The highest BCUT2D eigenvalue weighted by molar-refractivity contribution is 5.73. The van der Waals surface area contributed by atoms with Crippen LogP contribution >= 0.6 is 0 Å². The highest BCUT2D eigenvalue weighted by atomic mass is 15.4. The van der Waals surface area contributed by atoms with Crippen LogP contribution in [0.4, 0.5) is 17.6 Å². The summed E-state index contributed by atoms with van der Waals surface area (Å²) in [4.78, 5) is 7.01. The first-order valence-electron chi connectivity index (χ1n) is 8.65. The van der Waals surface area contributed by atoms with E-state index in [9.17, 15) is 0 Å². The van der Waals surface area contributed by atoms with Crippen LogP contribution in [0.3, 0.4) is 0 Å². The molecule has 2 aliphatic rings. The number of aromatic amines is 1. The molecule has 24 heavy (non-hydrogen) atoms. The summed E-state index contributed by atoms with van der Waals surface area (Å²) in [7, 11) is 0. The summed E-state index contributed by atoms with van der Waals surface area (Å²) in [6.45, 7) is 4.32. The van der Waals surface area contributed by atoms with Crippen molar-refractivity contribution in [3.8, 4) is 0 Å². The van der Waals surface area contributed by atoms with E-state index in [1.165, 1.54) is 31.4 Å². The molecule has 0 unspecified atom stereocenters. The van der Waals surface area contributed by atoms with Crippen molar-refractivity contribution >= 4 is 23.1 Å². The molecule has 3 aromatic heterocycles. The van der Waals surface area contributed by atoms with E-state index in [1.54, 1.807) is 0 Å². The van der Waals surface area contributed by atoms with Gasteiger partial charge in [-0.3, -0.25) is 5.10 Å². The third-order valence-corrected chi connectivity index (χ3v) is 5.24. The van der Waals surface area contributed by atoms with Gasteiger partial charge in [0.1, 0.15) is 5.52 Å². The third-order valence-electron chi connectivity index (χ3n) is 5.24. The number of rotatable bonds is 4. The molecule has 4 heterocycles. The van der Waals surface area contributed by atoms with Crippen molar-refractivity contribution in [3.63, 3.8) is 0 Å². The zero-order chi connectivity index (χ0) is 16.1. The van der Waals surface area contributed by atoms with E-state index in [2.05, 4.69) is 38.5 Å². The van der Waals surface area contributed by atoms with Crippen LogP contribution in [0.5, 0.6) is 0 Å². The summed E-state index contributed by atoms with van der Waals surface area (Å²) in [5.41, 5.74) is 2.44. The van der Waals surface area contributed by atoms with Crippen molar-refractivity contribution in [1.29, 1.82) is 0 Å². The number of nitrogens with one attached hydrogen (secondary N) is 2. The minimum absolute atomic E-state index is 0.281. The zero-order valence-electron chi connectivity index (χ0n) is 13.8. The lowest BCUT2D eigenvalue weighted by Gasteiger charge is -2.16. The van der Waals surface area contributed by atoms with Crippen molar-refractivity contribution in [1.82, 2.24) is 24.8 Å². The fraction of sp³-hybridized carbons (Fsp3) is 0.471. The highest BCUT2D eigenvalue weighted by Gasteiger charge is 2.40. The largest absolute Gasteiger partial charge is 0.340 e. The number of hydrogen-bond acceptors (Lipinski definition) is 5. The van der Waals surface area contributed by atoms with E-state index >= 15 is 0 Å². The molecule has 7 nitrogen and oxygen atoms in total. The second-order valence-electron chi connectivity index (χ2n) is 7.15. The predicted molar refractivity (Wildman–Crippen MR) is 92.9 cm³/mol. The Balaban J connectivity index is 1.50. The van der Waals surface area contributed by atoms with Gasteiger partial charge in [-0.15, -0.1) is 5.10 Å². The monoisotopic (exact) mass is 323 g/mol. The Morgan fingerprint density at radius 1 is 1.25 bits per heavy atom. The second kappa shape index (κ2) is 4.96. The summed E-state index contributed by atoms with van der Waals surface area (Å²) in [6, 6.07) is 6.11. The molecule has 0 bridgehead atoms. The molecule has 2 fully saturated rings. The van der Waals surface area contributed by atoms with Gasteiger partial charge in [0.2, 0.25) is 5.95 Å². The van der Waals surface area contributed by atoms with Crippen molar-refractivity contribution in [2.75, 3.05) is 23.3 Å². The first-order chi connectivity index (χ1) is 11.7. The van der Waals surface area contributed by atoms with Gasteiger partial charge in [0.15, 0.2) is 11.6 Å². The minimum atomic E-state index is 0.281. The number of hydrogen-bond donors (Lipinski definition) is 2. The number of aromatic nitrogens is 5. The van der Waals surface area contributed by atoms with Crippen LogP contribution in [0.2, 0.25) is 0 Å². The Morgan fingerprint density at radius 3 is 2.88 bits per heavy atom. The molecule has 1 aliphatic carbocycles. The summed E-state index contributed by atoms with van der Waals surface area (Å²) in [6.07, 6.45) is 6.83. The Morgan fingerprint density at radius 2 is 2.08 bits per heavy atom. The lowest BCUT2D eigenvalue weighted by molar-refractivity contribution is 0.742. The van der Waals surface area contributed by atoms with Crippen LogP contribution in [0.1, 0.15) is 38.3 Å². The van der Waals surface area contributed by atoms with Gasteiger partial charge in [-0.05, 0) is 37.8 Å². The molecule has 0 aromatic carbocycles. The Labute approximate surface area is 140 Å². The van der Waals surface area contributed by atoms with Crippen molar-refractivity contribution < 1.29 is 0 Å². The van der Waals surface area contributed by atoms with Gasteiger partial charge in [-0.2, -0.15) is 10.1 Å². The Hall–Kier alpha value is -2.57. The average Bonchev–Trinajstić information content (AvgIpc) is 3.08. The first kappa shape index (κ1) is 13.8. The van der Waals surface area contributed by atoms with Gasteiger partial charge in [0.05, 0.1) is 0 Å². The lowest BCUT2D eigenvalue weighted by Crippen LogP contribution is -2.22. The Kier molecular flexibility index (Phi) is 2.86. The number of H-pyrrole nitrogens is 1. The summed E-state index contributed by atoms with van der Waals surface area (Å²) in [5, 5.41) is 15.6. The number of nitrogens with zero attached hydrogens (tertiary/aromatic N) is 5. The molecule has 7 heteroatoms. The summed E-state index contributed by atoms with van der Waals surface area (Å²) in [5.74, 6) is 2.40. The zero-order valence-corrected chi connectivity index (χ0v) is 13.8. The van der Waals surface area contributed by atoms with Crippen LogP contribution in [0.25, 0.3) is 5.52 Å². The van der Waals surface area contributed by atoms with Crippen LogP contribution in [-0.4, -0.2) is 37.9 Å². The minimum Gasteiger partial charge on any atom is -0.340 e. The van der Waals surface area contributed by atoms with Gasteiger partial charge < -0.3 is 10.2 Å². The molecule has 1 saturated carbocycles. The van der Waals surface area contributed by atoms with Crippen molar-refractivity contribution in [3.05, 3.63) is 30.1 Å². The molecular formula is C17H21N7. The topological polar surface area (TPSA) is 74.1 Å². The maximum Gasteiger partial charge on any atom is 0.245 e. The fourth-order valence-corrected chi connectivity index (χ4v) is 3.34. The van der Waals surface area contributed by atoms with Gasteiger partial charge in [0.25, 0.3) is 0 Å². The van der Waals surface area contributed by atoms with E-state index in [0.29, 0.717) is 0 Å². The van der Waals surface area contributed by atoms with E-state index < -0.39 is 0 Å². The maximum absolute atomic E-state index is 4.77. The smallest absolute Gasteiger partial charge is 0.245 e. The van der Waals surface area contributed by atoms with Crippen molar-refractivity contribution in [2.24, 2.45) is 0 Å². The van der Waals surface area contributed by atoms with Crippen LogP contribution < -0.4 is 10.2 Å². The number of fused-ring (bicyclic) bond motifs is 1. The standard InChI is InChI=1S/C17H21N7/c1-17(6-7-17)13-11-14(21-20-13)18-15-12-5-4-10-24(12)22-16(19-15)23-8-2-3-9-23/h4-5,10-11H,2-3,6-9H2,1H3,(H2,18,19,20,21,22). The molecule has 2 N–H and O–H groups in total. The molecular weight excluding hydrogens is 302 g/mol. The van der Waals surface area contributed by atoms with Crippen LogP contribution in [0, 0.1) is 0 Å². The molecule has 3 aromatic rings. The van der Waals surface area contributed by atoms with E-state index in [1.807, 2.05) is 22.8 Å². The lowest BCUT2D eigenvalue weighted by atomic mass is 10.1. The van der Waals surface area contributed by atoms with E-state index in [0.717, 1.165) is 36.2 Å². The van der Waals surface area contributed by atoms with Gasteiger partial charge >= 0.3 is 0 Å². The van der Waals surface area contributed by atoms with Crippen LogP contribution in [0.15, 0.2) is 24.4 Å². The third kappa shape index (κ3) is 2.23. The van der Waals surface area contributed by atoms with Crippen LogP contribution in [-0.2, 0) is 5.41 Å². The van der Waals surface area contributed by atoms with Gasteiger partial charge in [-0.1, -0.05) is 6.92 Å². The predicted octanol–water partition coefficient (Wildman–Crippen LogP) is 2.85. The van der Waals surface area contributed by atoms with Gasteiger partial charge in [-0.25, -0.2) is 4.52 Å². The van der Waals surface area contributed by atoms with Gasteiger partial charge in [0, 0.05) is 36.5 Å². The molecule has 1 saturated heterocycles.